The molecule has 0 aromatic heterocycles. The van der Waals surface area contributed by atoms with Crippen molar-refractivity contribution < 1.29 is 19.4 Å². The van der Waals surface area contributed by atoms with Crippen molar-refractivity contribution >= 4 is 17.6 Å². The number of ether oxygens (including phenoxy) is 1. The average molecular weight is 266 g/mol. The molecule has 0 saturated heterocycles. The molecule has 0 atom stereocenters. The Morgan fingerprint density at radius 3 is 2.37 bits per heavy atom. The number of nitrogen functional groups attached to an aromatic ring is 1. The zero-order valence-electron chi connectivity index (χ0n) is 11.4. The van der Waals surface area contributed by atoms with Gasteiger partial charge in [0.25, 0.3) is 5.91 Å². The van der Waals surface area contributed by atoms with Crippen LogP contribution >= 0.6 is 0 Å². The molecule has 104 valence electrons. The fourth-order valence-corrected chi connectivity index (χ4v) is 1.44. The summed E-state index contributed by atoms with van der Waals surface area (Å²) in [6.07, 6.45) is 0. The van der Waals surface area contributed by atoms with Crippen LogP contribution in [0.5, 0.6) is 5.75 Å². The van der Waals surface area contributed by atoms with Crippen LogP contribution in [0.3, 0.4) is 0 Å². The van der Waals surface area contributed by atoms with Crippen LogP contribution in [0.2, 0.25) is 0 Å². The van der Waals surface area contributed by atoms with Gasteiger partial charge in [-0.2, -0.15) is 0 Å². The summed E-state index contributed by atoms with van der Waals surface area (Å²) in [4.78, 5) is 24.5. The summed E-state index contributed by atoms with van der Waals surface area (Å²) in [5.74, 6) is -1.00. The number of benzene rings is 1. The Bertz CT molecular complexity index is 511. The molecule has 3 N–H and O–H groups in total. The van der Waals surface area contributed by atoms with Gasteiger partial charge in [-0.3, -0.25) is 4.79 Å². The standard InChI is InChI=1S/C13H18N2O4/c1-13(2,12(17)18)15(3)11(16)9-6-5-8(19-4)7-10(9)14/h5-7H,14H2,1-4H3,(H,17,18). The summed E-state index contributed by atoms with van der Waals surface area (Å²) in [6.45, 7) is 2.90. The zero-order valence-corrected chi connectivity index (χ0v) is 11.4. The molecule has 1 rings (SSSR count). The van der Waals surface area contributed by atoms with Crippen LogP contribution in [-0.2, 0) is 4.79 Å². The molecular weight excluding hydrogens is 248 g/mol. The Morgan fingerprint density at radius 1 is 1.37 bits per heavy atom. The predicted molar refractivity (Wildman–Crippen MR) is 71.2 cm³/mol. The van der Waals surface area contributed by atoms with Crippen LogP contribution in [-0.4, -0.2) is 41.6 Å². The number of nitrogens with two attached hydrogens (primary N) is 1. The number of nitrogens with zero attached hydrogens (tertiary/aromatic N) is 1. The van der Waals surface area contributed by atoms with Gasteiger partial charge >= 0.3 is 5.97 Å². The smallest absolute Gasteiger partial charge is 0.329 e. The average Bonchev–Trinajstić information content (AvgIpc) is 2.36. The predicted octanol–water partition coefficient (Wildman–Crippen LogP) is 1.21. The minimum absolute atomic E-state index is 0.248. The first-order chi connectivity index (χ1) is 8.71. The van der Waals surface area contributed by atoms with Crippen molar-refractivity contribution in [2.24, 2.45) is 0 Å². The minimum Gasteiger partial charge on any atom is -0.497 e. The van der Waals surface area contributed by atoms with E-state index in [9.17, 15) is 9.59 Å². The number of hydrogen-bond acceptors (Lipinski definition) is 4. The minimum atomic E-state index is -1.32. The molecule has 6 heteroatoms. The van der Waals surface area contributed by atoms with Crippen molar-refractivity contribution in [1.29, 1.82) is 0 Å². The van der Waals surface area contributed by atoms with Crippen LogP contribution in [0.4, 0.5) is 5.69 Å². The van der Waals surface area contributed by atoms with E-state index in [1.165, 1.54) is 40.1 Å². The molecular formula is C13H18N2O4. The van der Waals surface area contributed by atoms with Gasteiger partial charge in [0.15, 0.2) is 0 Å². The second-order valence-corrected chi connectivity index (χ2v) is 4.68. The number of rotatable bonds is 4. The molecule has 1 amide bonds. The topological polar surface area (TPSA) is 92.9 Å². The lowest BCUT2D eigenvalue weighted by Crippen LogP contribution is -2.50. The number of methoxy groups -OCH3 is 1. The van der Waals surface area contributed by atoms with E-state index in [4.69, 9.17) is 15.6 Å². The second kappa shape index (κ2) is 5.17. The van der Waals surface area contributed by atoms with Gasteiger partial charge in [0, 0.05) is 18.8 Å². The van der Waals surface area contributed by atoms with E-state index in [1.54, 1.807) is 6.07 Å². The van der Waals surface area contributed by atoms with E-state index in [0.29, 0.717) is 5.75 Å². The molecule has 6 nitrogen and oxygen atoms in total. The molecule has 0 unspecified atom stereocenters. The summed E-state index contributed by atoms with van der Waals surface area (Å²) in [5, 5.41) is 9.11. The third kappa shape index (κ3) is 2.78. The highest BCUT2D eigenvalue weighted by Gasteiger charge is 2.36. The Balaban J connectivity index is 3.11. The molecule has 0 heterocycles. The Morgan fingerprint density at radius 2 is 1.95 bits per heavy atom. The molecule has 1 aromatic rings. The van der Waals surface area contributed by atoms with Gasteiger partial charge in [0.05, 0.1) is 12.7 Å². The maximum absolute atomic E-state index is 12.3. The Kier molecular flexibility index (Phi) is 4.04. The Labute approximate surface area is 111 Å². The van der Waals surface area contributed by atoms with Crippen molar-refractivity contribution in [3.63, 3.8) is 0 Å². The number of carbonyl (C=O) groups excluding carboxylic acids is 1. The fourth-order valence-electron chi connectivity index (χ4n) is 1.44. The number of likely N-dealkylation sites (N-methyl/N-ethyl adjacent to an activating group) is 1. The Hall–Kier alpha value is -2.24. The number of carboxylic acids is 1. The normalized spacial score (nSPS) is 10.9. The van der Waals surface area contributed by atoms with Gasteiger partial charge in [-0.1, -0.05) is 0 Å². The molecule has 0 bridgehead atoms. The first-order valence-electron chi connectivity index (χ1n) is 5.67. The van der Waals surface area contributed by atoms with Gasteiger partial charge in [-0.15, -0.1) is 0 Å². The van der Waals surface area contributed by atoms with Crippen LogP contribution in [0.15, 0.2) is 18.2 Å². The molecule has 0 aliphatic heterocycles. The van der Waals surface area contributed by atoms with Crippen LogP contribution < -0.4 is 10.5 Å². The molecule has 1 aromatic carbocycles. The van der Waals surface area contributed by atoms with Gasteiger partial charge in [-0.05, 0) is 26.0 Å². The van der Waals surface area contributed by atoms with E-state index in [0.717, 1.165) is 4.90 Å². The van der Waals surface area contributed by atoms with E-state index in [2.05, 4.69) is 0 Å². The van der Waals surface area contributed by atoms with Crippen LogP contribution in [0.1, 0.15) is 24.2 Å². The van der Waals surface area contributed by atoms with Gasteiger partial charge < -0.3 is 20.5 Å². The highest BCUT2D eigenvalue weighted by atomic mass is 16.5. The van der Waals surface area contributed by atoms with Crippen molar-refractivity contribution in [1.82, 2.24) is 4.90 Å². The summed E-state index contributed by atoms with van der Waals surface area (Å²) in [6, 6.07) is 4.64. The molecule has 0 aliphatic rings. The molecule has 0 saturated carbocycles. The summed E-state index contributed by atoms with van der Waals surface area (Å²) < 4.78 is 5.00. The van der Waals surface area contributed by atoms with Crippen molar-refractivity contribution in [2.75, 3.05) is 19.9 Å². The lowest BCUT2D eigenvalue weighted by Gasteiger charge is -2.31. The second-order valence-electron chi connectivity index (χ2n) is 4.68. The third-order valence-corrected chi connectivity index (χ3v) is 3.16. The summed E-state index contributed by atoms with van der Waals surface area (Å²) >= 11 is 0. The van der Waals surface area contributed by atoms with E-state index in [-0.39, 0.29) is 11.3 Å². The maximum Gasteiger partial charge on any atom is 0.329 e. The monoisotopic (exact) mass is 266 g/mol. The lowest BCUT2D eigenvalue weighted by atomic mass is 10.0. The number of hydrogen-bond donors (Lipinski definition) is 2. The fraction of sp³-hybridized carbons (Fsp3) is 0.385. The first kappa shape index (κ1) is 14.8. The number of anilines is 1. The number of amides is 1. The van der Waals surface area contributed by atoms with Gasteiger partial charge in [0.2, 0.25) is 0 Å². The first-order valence-corrected chi connectivity index (χ1v) is 5.67. The lowest BCUT2D eigenvalue weighted by molar-refractivity contribution is -0.147. The molecule has 0 radical (unpaired) electrons. The van der Waals surface area contributed by atoms with Crippen LogP contribution in [0.25, 0.3) is 0 Å². The van der Waals surface area contributed by atoms with Gasteiger partial charge in [0.1, 0.15) is 11.3 Å². The molecule has 0 fully saturated rings. The van der Waals surface area contributed by atoms with E-state index < -0.39 is 17.4 Å². The SMILES string of the molecule is COc1ccc(C(=O)N(C)C(C)(C)C(=O)O)c(N)c1. The quantitative estimate of drug-likeness (QED) is 0.799. The largest absolute Gasteiger partial charge is 0.497 e. The molecule has 0 aliphatic carbocycles. The summed E-state index contributed by atoms with van der Waals surface area (Å²) in [7, 11) is 2.93. The number of aliphatic carboxylic acids is 1. The van der Waals surface area contributed by atoms with Crippen molar-refractivity contribution in [2.45, 2.75) is 19.4 Å². The third-order valence-electron chi connectivity index (χ3n) is 3.16. The van der Waals surface area contributed by atoms with Crippen molar-refractivity contribution in [3.05, 3.63) is 23.8 Å². The highest BCUT2D eigenvalue weighted by Crippen LogP contribution is 2.23. The van der Waals surface area contributed by atoms with Crippen molar-refractivity contribution in [3.8, 4) is 5.75 Å². The zero-order chi connectivity index (χ0) is 14.8. The highest BCUT2D eigenvalue weighted by molar-refractivity contribution is 6.01. The van der Waals surface area contributed by atoms with Gasteiger partial charge in [-0.25, -0.2) is 4.79 Å². The number of carbonyl (C=O) groups is 2. The molecule has 19 heavy (non-hydrogen) atoms. The maximum atomic E-state index is 12.3. The van der Waals surface area contributed by atoms with Crippen LogP contribution in [0, 0.1) is 0 Å². The summed E-state index contributed by atoms with van der Waals surface area (Å²) in [5.41, 5.74) is 4.96. The van der Waals surface area contributed by atoms with E-state index in [1.807, 2.05) is 0 Å². The van der Waals surface area contributed by atoms with E-state index >= 15 is 0 Å². The number of carboxylic acid groups (broad SMARTS) is 1. The molecule has 0 spiro atoms.